The van der Waals surface area contributed by atoms with Gasteiger partial charge in [0.1, 0.15) is 0 Å². The van der Waals surface area contributed by atoms with Crippen LogP contribution in [0.15, 0.2) is 0 Å². The van der Waals surface area contributed by atoms with Gasteiger partial charge in [-0.1, -0.05) is 13.3 Å². The molecule has 0 aliphatic carbocycles. The first-order chi connectivity index (χ1) is 6.36. The van der Waals surface area contributed by atoms with Gasteiger partial charge in [0.05, 0.1) is 0 Å². The van der Waals surface area contributed by atoms with E-state index in [9.17, 15) is 0 Å². The molecule has 1 N–H and O–H groups in total. The molecule has 1 aliphatic rings. The Hall–Kier alpha value is -0.480. The molecular formula is C12H21N. The Bertz CT molecular complexity index is 168. The van der Waals surface area contributed by atoms with Crippen LogP contribution in [0.5, 0.6) is 0 Å². The summed E-state index contributed by atoms with van der Waals surface area (Å²) in [4.78, 5) is 0. The number of unbranched alkanes of at least 4 members (excludes halogenated alkanes) is 1. The van der Waals surface area contributed by atoms with E-state index >= 15 is 0 Å². The number of hydrogen-bond donors (Lipinski definition) is 1. The Morgan fingerprint density at radius 3 is 3.08 bits per heavy atom. The van der Waals surface area contributed by atoms with E-state index in [2.05, 4.69) is 18.2 Å². The third kappa shape index (κ3) is 3.83. The summed E-state index contributed by atoms with van der Waals surface area (Å²) in [6, 6.07) is 0.743. The normalized spacial score (nSPS) is 28.3. The van der Waals surface area contributed by atoms with Crippen molar-refractivity contribution in [1.82, 2.24) is 5.32 Å². The van der Waals surface area contributed by atoms with Crippen molar-refractivity contribution in [2.45, 2.75) is 51.5 Å². The van der Waals surface area contributed by atoms with Crippen molar-refractivity contribution in [3.63, 3.8) is 0 Å². The minimum atomic E-state index is 0.743. The predicted octanol–water partition coefficient (Wildman–Crippen LogP) is 2.57. The third-order valence-corrected chi connectivity index (χ3v) is 3.05. The van der Waals surface area contributed by atoms with Crippen LogP contribution in [0.1, 0.15) is 45.4 Å². The van der Waals surface area contributed by atoms with Crippen molar-refractivity contribution in [2.24, 2.45) is 5.92 Å². The number of rotatable bonds is 4. The van der Waals surface area contributed by atoms with Crippen LogP contribution in [0.4, 0.5) is 0 Å². The summed E-state index contributed by atoms with van der Waals surface area (Å²) >= 11 is 0. The van der Waals surface area contributed by atoms with Gasteiger partial charge in [-0.3, -0.25) is 0 Å². The van der Waals surface area contributed by atoms with E-state index in [1.165, 1.54) is 38.6 Å². The van der Waals surface area contributed by atoms with Gasteiger partial charge in [0, 0.05) is 12.5 Å². The second-order valence-corrected chi connectivity index (χ2v) is 4.05. The maximum atomic E-state index is 5.23. The molecule has 0 amide bonds. The number of nitrogens with one attached hydrogen (secondary N) is 1. The summed E-state index contributed by atoms with van der Waals surface area (Å²) in [5.41, 5.74) is 0. The minimum Gasteiger partial charge on any atom is -0.314 e. The molecular weight excluding hydrogens is 158 g/mol. The monoisotopic (exact) mass is 179 g/mol. The van der Waals surface area contributed by atoms with Crippen molar-refractivity contribution < 1.29 is 0 Å². The molecule has 1 heteroatoms. The number of piperidine rings is 1. The molecule has 1 saturated heterocycles. The fourth-order valence-electron chi connectivity index (χ4n) is 2.14. The van der Waals surface area contributed by atoms with Gasteiger partial charge in [0.15, 0.2) is 0 Å². The van der Waals surface area contributed by atoms with E-state index < -0.39 is 0 Å². The van der Waals surface area contributed by atoms with Crippen LogP contribution < -0.4 is 5.32 Å². The Labute approximate surface area is 82.3 Å². The molecule has 13 heavy (non-hydrogen) atoms. The SMILES string of the molecule is C#CCCCC1CC(CC)CCN1. The van der Waals surface area contributed by atoms with Gasteiger partial charge in [0.25, 0.3) is 0 Å². The van der Waals surface area contributed by atoms with Crippen LogP contribution in [0, 0.1) is 18.3 Å². The first kappa shape index (κ1) is 10.6. The molecule has 1 fully saturated rings. The lowest BCUT2D eigenvalue weighted by atomic mass is 9.88. The molecule has 0 bridgehead atoms. The van der Waals surface area contributed by atoms with Gasteiger partial charge in [-0.15, -0.1) is 12.3 Å². The fraction of sp³-hybridized carbons (Fsp3) is 0.833. The zero-order chi connectivity index (χ0) is 9.52. The summed E-state index contributed by atoms with van der Waals surface area (Å²) in [6.45, 7) is 3.51. The summed E-state index contributed by atoms with van der Waals surface area (Å²) in [6.07, 6.45) is 12.7. The molecule has 1 heterocycles. The van der Waals surface area contributed by atoms with Crippen molar-refractivity contribution in [3.8, 4) is 12.3 Å². The molecule has 0 aromatic carbocycles. The lowest BCUT2D eigenvalue weighted by molar-refractivity contribution is 0.282. The molecule has 0 aromatic heterocycles. The highest BCUT2D eigenvalue weighted by molar-refractivity contribution is 4.85. The highest BCUT2D eigenvalue weighted by Crippen LogP contribution is 2.21. The topological polar surface area (TPSA) is 12.0 Å². The molecule has 74 valence electrons. The maximum absolute atomic E-state index is 5.23. The average Bonchev–Trinajstić information content (AvgIpc) is 2.19. The van der Waals surface area contributed by atoms with Crippen molar-refractivity contribution in [1.29, 1.82) is 0 Å². The fourth-order valence-corrected chi connectivity index (χ4v) is 2.14. The first-order valence-electron chi connectivity index (χ1n) is 5.53. The summed E-state index contributed by atoms with van der Waals surface area (Å²) in [7, 11) is 0. The van der Waals surface area contributed by atoms with Gasteiger partial charge >= 0.3 is 0 Å². The van der Waals surface area contributed by atoms with E-state index in [1.54, 1.807) is 0 Å². The quantitative estimate of drug-likeness (QED) is 0.516. The Kier molecular flexibility index (Phi) is 4.93. The zero-order valence-electron chi connectivity index (χ0n) is 8.68. The van der Waals surface area contributed by atoms with Crippen LogP contribution >= 0.6 is 0 Å². The second-order valence-electron chi connectivity index (χ2n) is 4.05. The van der Waals surface area contributed by atoms with Gasteiger partial charge < -0.3 is 5.32 Å². The average molecular weight is 179 g/mol. The second kappa shape index (κ2) is 6.05. The van der Waals surface area contributed by atoms with Crippen LogP contribution in [0.3, 0.4) is 0 Å². The van der Waals surface area contributed by atoms with Gasteiger partial charge in [-0.05, 0) is 38.1 Å². The van der Waals surface area contributed by atoms with E-state index in [0.29, 0.717) is 0 Å². The minimum absolute atomic E-state index is 0.743. The first-order valence-corrected chi connectivity index (χ1v) is 5.53. The number of hydrogen-bond acceptors (Lipinski definition) is 1. The largest absolute Gasteiger partial charge is 0.314 e. The highest BCUT2D eigenvalue weighted by atomic mass is 14.9. The summed E-state index contributed by atoms with van der Waals surface area (Å²) in [5, 5.41) is 3.57. The molecule has 1 rings (SSSR count). The Balaban J connectivity index is 2.15. The van der Waals surface area contributed by atoms with Crippen molar-refractivity contribution in [3.05, 3.63) is 0 Å². The smallest absolute Gasteiger partial charge is 0.00866 e. The van der Waals surface area contributed by atoms with E-state index in [1.807, 2.05) is 0 Å². The molecule has 0 saturated carbocycles. The lowest BCUT2D eigenvalue weighted by Crippen LogP contribution is -2.37. The maximum Gasteiger partial charge on any atom is 0.00866 e. The third-order valence-electron chi connectivity index (χ3n) is 3.05. The summed E-state index contributed by atoms with van der Waals surface area (Å²) < 4.78 is 0. The van der Waals surface area contributed by atoms with E-state index in [4.69, 9.17) is 6.42 Å². The van der Waals surface area contributed by atoms with E-state index in [0.717, 1.165) is 18.4 Å². The Morgan fingerprint density at radius 2 is 2.38 bits per heavy atom. The molecule has 0 aromatic rings. The predicted molar refractivity (Wildman–Crippen MR) is 57.5 cm³/mol. The number of terminal acetylenes is 1. The van der Waals surface area contributed by atoms with Gasteiger partial charge in [0.2, 0.25) is 0 Å². The van der Waals surface area contributed by atoms with Crippen molar-refractivity contribution >= 4 is 0 Å². The molecule has 1 nitrogen and oxygen atoms in total. The van der Waals surface area contributed by atoms with E-state index in [-0.39, 0.29) is 0 Å². The highest BCUT2D eigenvalue weighted by Gasteiger charge is 2.19. The van der Waals surface area contributed by atoms with Crippen LogP contribution in [-0.2, 0) is 0 Å². The lowest BCUT2D eigenvalue weighted by Gasteiger charge is -2.29. The molecule has 2 unspecified atom stereocenters. The van der Waals surface area contributed by atoms with Crippen molar-refractivity contribution in [2.75, 3.05) is 6.54 Å². The molecule has 0 radical (unpaired) electrons. The zero-order valence-corrected chi connectivity index (χ0v) is 8.68. The molecule has 1 aliphatic heterocycles. The van der Waals surface area contributed by atoms with Gasteiger partial charge in [-0.2, -0.15) is 0 Å². The van der Waals surface area contributed by atoms with Crippen LogP contribution in [-0.4, -0.2) is 12.6 Å². The van der Waals surface area contributed by atoms with Crippen LogP contribution in [0.25, 0.3) is 0 Å². The Morgan fingerprint density at radius 1 is 1.54 bits per heavy atom. The standard InChI is InChI=1S/C12H21N/c1-3-5-6-7-12-10-11(4-2)8-9-13-12/h1,11-13H,4-10H2,2H3. The molecule has 0 spiro atoms. The van der Waals surface area contributed by atoms with Gasteiger partial charge in [-0.25, -0.2) is 0 Å². The molecule has 2 atom stereocenters. The summed E-state index contributed by atoms with van der Waals surface area (Å²) in [5.74, 6) is 3.66. The van der Waals surface area contributed by atoms with Crippen LogP contribution in [0.2, 0.25) is 0 Å².